The van der Waals surface area contributed by atoms with Crippen molar-refractivity contribution < 1.29 is 19.4 Å². The Morgan fingerprint density at radius 1 is 1.36 bits per heavy atom. The molecule has 0 spiro atoms. The van der Waals surface area contributed by atoms with E-state index in [0.29, 0.717) is 35.6 Å². The zero-order chi connectivity index (χ0) is 16.3. The molecular formula is C16H20ClNO4. The van der Waals surface area contributed by atoms with Crippen LogP contribution >= 0.6 is 11.6 Å². The number of carbonyl (C=O) groups is 2. The summed E-state index contributed by atoms with van der Waals surface area (Å²) in [6.07, 6.45) is 1.66. The average molecular weight is 326 g/mol. The third-order valence-corrected chi connectivity index (χ3v) is 3.90. The van der Waals surface area contributed by atoms with Crippen molar-refractivity contribution in [2.75, 3.05) is 0 Å². The van der Waals surface area contributed by atoms with Crippen molar-refractivity contribution in [2.45, 2.75) is 45.3 Å². The molecule has 120 valence electrons. The first kappa shape index (κ1) is 16.6. The molecule has 2 rings (SSSR count). The van der Waals surface area contributed by atoms with Crippen LogP contribution in [0.5, 0.6) is 5.75 Å². The van der Waals surface area contributed by atoms with Crippen molar-refractivity contribution in [3.05, 3.63) is 28.8 Å². The standard InChI is InChI=1S/C16H20ClNO4/c1-9(2)22-14-6-4-11(17)8-13(14)15(19)18-12-5-3-10(7-12)16(20)21/h4,6,8-10,12H,3,5,7H2,1-2H3,(H,18,19)(H,20,21)/t10-,12+/m1/s1. The van der Waals surface area contributed by atoms with E-state index in [-0.39, 0.29) is 24.0 Å². The average Bonchev–Trinajstić information content (AvgIpc) is 2.89. The molecule has 1 amide bonds. The Bertz CT molecular complexity index is 573. The van der Waals surface area contributed by atoms with Crippen LogP contribution < -0.4 is 10.1 Å². The number of nitrogens with one attached hydrogen (secondary N) is 1. The van der Waals surface area contributed by atoms with Gasteiger partial charge in [0, 0.05) is 11.1 Å². The lowest BCUT2D eigenvalue weighted by molar-refractivity contribution is -0.141. The molecule has 1 aliphatic carbocycles. The van der Waals surface area contributed by atoms with E-state index in [1.807, 2.05) is 13.8 Å². The molecular weight excluding hydrogens is 306 g/mol. The van der Waals surface area contributed by atoms with E-state index in [0.717, 1.165) is 0 Å². The first-order valence-corrected chi connectivity index (χ1v) is 7.74. The zero-order valence-electron chi connectivity index (χ0n) is 12.6. The molecule has 5 nitrogen and oxygen atoms in total. The van der Waals surface area contributed by atoms with Gasteiger partial charge in [-0.2, -0.15) is 0 Å². The second kappa shape index (κ2) is 7.01. The highest BCUT2D eigenvalue weighted by molar-refractivity contribution is 6.31. The summed E-state index contributed by atoms with van der Waals surface area (Å²) in [5.41, 5.74) is 0.375. The van der Waals surface area contributed by atoms with Crippen LogP contribution in [0.25, 0.3) is 0 Å². The Morgan fingerprint density at radius 2 is 2.09 bits per heavy atom. The molecule has 1 saturated carbocycles. The van der Waals surface area contributed by atoms with Crippen molar-refractivity contribution in [1.29, 1.82) is 0 Å². The molecule has 0 bridgehead atoms. The monoisotopic (exact) mass is 325 g/mol. The molecule has 1 aromatic carbocycles. The highest BCUT2D eigenvalue weighted by Crippen LogP contribution is 2.28. The largest absolute Gasteiger partial charge is 0.490 e. The Morgan fingerprint density at radius 3 is 2.68 bits per heavy atom. The van der Waals surface area contributed by atoms with Crippen molar-refractivity contribution in [1.82, 2.24) is 5.32 Å². The van der Waals surface area contributed by atoms with Crippen LogP contribution in [0.15, 0.2) is 18.2 Å². The van der Waals surface area contributed by atoms with E-state index in [1.54, 1.807) is 18.2 Å². The number of rotatable bonds is 5. The smallest absolute Gasteiger partial charge is 0.306 e. The van der Waals surface area contributed by atoms with Crippen LogP contribution in [0.4, 0.5) is 0 Å². The van der Waals surface area contributed by atoms with Gasteiger partial charge in [0.15, 0.2) is 0 Å². The number of aliphatic carboxylic acids is 1. The van der Waals surface area contributed by atoms with Crippen molar-refractivity contribution in [3.8, 4) is 5.75 Å². The Balaban J connectivity index is 2.09. The molecule has 1 aliphatic rings. The SMILES string of the molecule is CC(C)Oc1ccc(Cl)cc1C(=O)N[C@H]1CC[C@@H](C(=O)O)C1. The number of carbonyl (C=O) groups excluding carboxylic acids is 1. The highest BCUT2D eigenvalue weighted by atomic mass is 35.5. The number of benzene rings is 1. The lowest BCUT2D eigenvalue weighted by atomic mass is 10.1. The summed E-state index contributed by atoms with van der Waals surface area (Å²) < 4.78 is 5.63. The second-order valence-electron chi connectivity index (χ2n) is 5.83. The van der Waals surface area contributed by atoms with E-state index in [9.17, 15) is 9.59 Å². The van der Waals surface area contributed by atoms with Crippen LogP contribution in [-0.2, 0) is 4.79 Å². The molecule has 6 heteroatoms. The predicted octanol–water partition coefficient (Wildman–Crippen LogP) is 3.11. The number of hydrogen-bond donors (Lipinski definition) is 2. The number of carboxylic acid groups (broad SMARTS) is 1. The van der Waals surface area contributed by atoms with Crippen molar-refractivity contribution in [2.24, 2.45) is 5.92 Å². The fourth-order valence-corrected chi connectivity index (χ4v) is 2.81. The van der Waals surface area contributed by atoms with Gasteiger partial charge in [-0.1, -0.05) is 11.6 Å². The fourth-order valence-electron chi connectivity index (χ4n) is 2.64. The van der Waals surface area contributed by atoms with Crippen LogP contribution in [0.2, 0.25) is 5.02 Å². The molecule has 0 aliphatic heterocycles. The quantitative estimate of drug-likeness (QED) is 0.872. The van der Waals surface area contributed by atoms with Crippen LogP contribution in [0, 0.1) is 5.92 Å². The number of amides is 1. The highest BCUT2D eigenvalue weighted by Gasteiger charge is 2.31. The minimum Gasteiger partial charge on any atom is -0.490 e. The molecule has 0 unspecified atom stereocenters. The summed E-state index contributed by atoms with van der Waals surface area (Å²) in [6, 6.07) is 4.79. The summed E-state index contributed by atoms with van der Waals surface area (Å²) in [6.45, 7) is 3.76. The predicted molar refractivity (Wildman–Crippen MR) is 83.4 cm³/mol. The molecule has 22 heavy (non-hydrogen) atoms. The third-order valence-electron chi connectivity index (χ3n) is 3.67. The maximum Gasteiger partial charge on any atom is 0.306 e. The number of ether oxygens (including phenoxy) is 1. The molecule has 1 aromatic rings. The lowest BCUT2D eigenvalue weighted by Crippen LogP contribution is -2.33. The van der Waals surface area contributed by atoms with Gasteiger partial charge in [-0.3, -0.25) is 9.59 Å². The van der Waals surface area contributed by atoms with Gasteiger partial charge in [-0.25, -0.2) is 0 Å². The maximum atomic E-state index is 12.4. The second-order valence-corrected chi connectivity index (χ2v) is 6.26. The Labute approximate surface area is 134 Å². The minimum absolute atomic E-state index is 0.0596. The molecule has 1 fully saturated rings. The van der Waals surface area contributed by atoms with E-state index < -0.39 is 5.97 Å². The topological polar surface area (TPSA) is 75.6 Å². The van der Waals surface area contributed by atoms with Gasteiger partial charge in [-0.05, 0) is 51.3 Å². The fraction of sp³-hybridized carbons (Fsp3) is 0.500. The lowest BCUT2D eigenvalue weighted by Gasteiger charge is -2.17. The van der Waals surface area contributed by atoms with Gasteiger partial charge < -0.3 is 15.2 Å². The van der Waals surface area contributed by atoms with Gasteiger partial charge in [-0.15, -0.1) is 0 Å². The van der Waals surface area contributed by atoms with Gasteiger partial charge in [0.25, 0.3) is 5.91 Å². The van der Waals surface area contributed by atoms with E-state index in [2.05, 4.69) is 5.32 Å². The number of hydrogen-bond acceptors (Lipinski definition) is 3. The molecule has 2 atom stereocenters. The third kappa shape index (κ3) is 4.13. The summed E-state index contributed by atoms with van der Waals surface area (Å²) in [4.78, 5) is 23.4. The van der Waals surface area contributed by atoms with Crippen LogP contribution in [-0.4, -0.2) is 29.1 Å². The molecule has 0 aromatic heterocycles. The van der Waals surface area contributed by atoms with E-state index in [1.165, 1.54) is 0 Å². The van der Waals surface area contributed by atoms with E-state index in [4.69, 9.17) is 21.4 Å². The number of carboxylic acids is 1. The minimum atomic E-state index is -0.802. The first-order chi connectivity index (χ1) is 10.4. The zero-order valence-corrected chi connectivity index (χ0v) is 13.4. The molecule has 2 N–H and O–H groups in total. The summed E-state index contributed by atoms with van der Waals surface area (Å²) >= 11 is 5.97. The summed E-state index contributed by atoms with van der Waals surface area (Å²) in [7, 11) is 0. The normalized spacial score (nSPS) is 20.9. The van der Waals surface area contributed by atoms with Gasteiger partial charge in [0.2, 0.25) is 0 Å². The van der Waals surface area contributed by atoms with Gasteiger partial charge >= 0.3 is 5.97 Å². The Hall–Kier alpha value is -1.75. The Kier molecular flexibility index (Phi) is 5.29. The molecule has 0 radical (unpaired) electrons. The van der Waals surface area contributed by atoms with Crippen molar-refractivity contribution >= 4 is 23.5 Å². The molecule has 0 saturated heterocycles. The maximum absolute atomic E-state index is 12.4. The number of halogens is 1. The first-order valence-electron chi connectivity index (χ1n) is 7.36. The molecule has 0 heterocycles. The van der Waals surface area contributed by atoms with E-state index >= 15 is 0 Å². The van der Waals surface area contributed by atoms with Crippen LogP contribution in [0.3, 0.4) is 0 Å². The van der Waals surface area contributed by atoms with Gasteiger partial charge in [0.05, 0.1) is 17.6 Å². The van der Waals surface area contributed by atoms with Crippen molar-refractivity contribution in [3.63, 3.8) is 0 Å². The summed E-state index contributed by atoms with van der Waals surface area (Å²) in [5.74, 6) is -0.988. The van der Waals surface area contributed by atoms with Gasteiger partial charge in [0.1, 0.15) is 5.75 Å². The summed E-state index contributed by atoms with van der Waals surface area (Å²) in [5, 5.41) is 12.3. The van der Waals surface area contributed by atoms with Crippen LogP contribution in [0.1, 0.15) is 43.5 Å².